The van der Waals surface area contributed by atoms with Gasteiger partial charge in [0.05, 0.1) is 19.8 Å². The van der Waals surface area contributed by atoms with Crippen molar-refractivity contribution >= 4 is 11.6 Å². The van der Waals surface area contributed by atoms with Crippen molar-refractivity contribution < 1.29 is 9.84 Å². The molecule has 1 N–H and O–H groups in total. The predicted octanol–water partition coefficient (Wildman–Crippen LogP) is 1.09. The summed E-state index contributed by atoms with van der Waals surface area (Å²) in [4.78, 5) is 2.32. The summed E-state index contributed by atoms with van der Waals surface area (Å²) < 4.78 is 5.32. The molecule has 1 fully saturated rings. The van der Waals surface area contributed by atoms with Crippen LogP contribution in [0.2, 0.25) is 0 Å². The molecule has 0 aromatic carbocycles. The lowest BCUT2D eigenvalue weighted by molar-refractivity contribution is 0.0577. The van der Waals surface area contributed by atoms with Gasteiger partial charge in [-0.15, -0.1) is 11.6 Å². The van der Waals surface area contributed by atoms with Crippen molar-refractivity contribution in [1.29, 1.82) is 0 Å². The summed E-state index contributed by atoms with van der Waals surface area (Å²) in [6, 6.07) is 0.682. The lowest BCUT2D eigenvalue weighted by Gasteiger charge is -2.37. The molecule has 0 unspecified atom stereocenters. The van der Waals surface area contributed by atoms with E-state index in [1.807, 2.05) is 0 Å². The van der Waals surface area contributed by atoms with Gasteiger partial charge in [-0.25, -0.2) is 0 Å². The van der Waals surface area contributed by atoms with Crippen molar-refractivity contribution in [3.8, 4) is 0 Å². The topological polar surface area (TPSA) is 32.7 Å². The first-order valence-electron chi connectivity index (χ1n) is 5.37. The SMILES string of the molecule is OCCN(CCOCCCl)C1CCC1. The van der Waals surface area contributed by atoms with Crippen LogP contribution in [0.15, 0.2) is 0 Å². The van der Waals surface area contributed by atoms with Gasteiger partial charge in [0.2, 0.25) is 0 Å². The maximum Gasteiger partial charge on any atom is 0.0602 e. The zero-order chi connectivity index (χ0) is 10.2. The molecule has 1 saturated carbocycles. The van der Waals surface area contributed by atoms with Gasteiger partial charge in [0.25, 0.3) is 0 Å². The second-order valence-corrected chi connectivity index (χ2v) is 4.02. The number of rotatable bonds is 8. The first kappa shape index (κ1) is 12.2. The number of hydrogen-bond acceptors (Lipinski definition) is 3. The van der Waals surface area contributed by atoms with Crippen molar-refractivity contribution in [2.75, 3.05) is 38.8 Å². The largest absolute Gasteiger partial charge is 0.395 e. The highest BCUT2D eigenvalue weighted by Crippen LogP contribution is 2.24. The Morgan fingerprint density at radius 2 is 2.07 bits per heavy atom. The molecular weight excluding hydrogens is 202 g/mol. The monoisotopic (exact) mass is 221 g/mol. The fourth-order valence-electron chi connectivity index (χ4n) is 1.70. The minimum Gasteiger partial charge on any atom is -0.395 e. The van der Waals surface area contributed by atoms with Gasteiger partial charge in [-0.1, -0.05) is 6.42 Å². The van der Waals surface area contributed by atoms with Crippen LogP contribution in [0, 0.1) is 0 Å². The number of alkyl halides is 1. The number of hydrogen-bond donors (Lipinski definition) is 1. The van der Waals surface area contributed by atoms with Gasteiger partial charge < -0.3 is 9.84 Å². The highest BCUT2D eigenvalue weighted by molar-refractivity contribution is 6.17. The fraction of sp³-hybridized carbons (Fsp3) is 1.00. The van der Waals surface area contributed by atoms with E-state index in [1.54, 1.807) is 0 Å². The number of ether oxygens (including phenoxy) is 1. The van der Waals surface area contributed by atoms with Crippen LogP contribution in [0.5, 0.6) is 0 Å². The van der Waals surface area contributed by atoms with Crippen LogP contribution in [-0.2, 0) is 4.74 Å². The van der Waals surface area contributed by atoms with Gasteiger partial charge in [0.15, 0.2) is 0 Å². The fourth-order valence-corrected chi connectivity index (χ4v) is 1.80. The maximum atomic E-state index is 8.90. The van der Waals surface area contributed by atoms with Crippen LogP contribution in [-0.4, -0.2) is 54.8 Å². The predicted molar refractivity (Wildman–Crippen MR) is 57.8 cm³/mol. The Bertz CT molecular complexity index is 142. The molecule has 0 aromatic rings. The number of nitrogens with zero attached hydrogens (tertiary/aromatic N) is 1. The van der Waals surface area contributed by atoms with Gasteiger partial charge >= 0.3 is 0 Å². The van der Waals surface area contributed by atoms with Crippen LogP contribution in [0.4, 0.5) is 0 Å². The van der Waals surface area contributed by atoms with Gasteiger partial charge in [0, 0.05) is 25.0 Å². The molecule has 0 amide bonds. The molecule has 4 heteroatoms. The normalized spacial score (nSPS) is 17.4. The van der Waals surface area contributed by atoms with Gasteiger partial charge in [-0.2, -0.15) is 0 Å². The van der Waals surface area contributed by atoms with E-state index >= 15 is 0 Å². The van der Waals surface area contributed by atoms with Crippen LogP contribution >= 0.6 is 11.6 Å². The average molecular weight is 222 g/mol. The molecule has 0 atom stereocenters. The minimum absolute atomic E-state index is 0.242. The summed E-state index contributed by atoms with van der Waals surface area (Å²) in [5.74, 6) is 0.559. The highest BCUT2D eigenvalue weighted by atomic mass is 35.5. The van der Waals surface area contributed by atoms with Crippen molar-refractivity contribution in [3.05, 3.63) is 0 Å². The summed E-state index contributed by atoms with van der Waals surface area (Å²) in [5.41, 5.74) is 0. The van der Waals surface area contributed by atoms with E-state index in [0.29, 0.717) is 18.5 Å². The Labute approximate surface area is 91.0 Å². The summed E-state index contributed by atoms with van der Waals surface area (Å²) in [6.45, 7) is 3.28. The van der Waals surface area contributed by atoms with E-state index in [2.05, 4.69) is 4.90 Å². The Morgan fingerprint density at radius 1 is 1.29 bits per heavy atom. The highest BCUT2D eigenvalue weighted by Gasteiger charge is 2.23. The number of aliphatic hydroxyl groups excluding tert-OH is 1. The Balaban J connectivity index is 2.08. The number of aliphatic hydroxyl groups is 1. The smallest absolute Gasteiger partial charge is 0.0602 e. The Kier molecular flexibility index (Phi) is 6.52. The first-order chi connectivity index (χ1) is 6.88. The zero-order valence-corrected chi connectivity index (χ0v) is 9.38. The van der Waals surface area contributed by atoms with E-state index in [0.717, 1.165) is 19.7 Å². The van der Waals surface area contributed by atoms with Crippen molar-refractivity contribution in [3.63, 3.8) is 0 Å². The molecule has 0 spiro atoms. The van der Waals surface area contributed by atoms with Gasteiger partial charge in [-0.3, -0.25) is 4.90 Å². The van der Waals surface area contributed by atoms with E-state index in [4.69, 9.17) is 21.4 Å². The summed E-state index contributed by atoms with van der Waals surface area (Å²) in [7, 11) is 0. The molecule has 3 nitrogen and oxygen atoms in total. The molecule has 0 heterocycles. The Hall–Kier alpha value is 0.170. The quantitative estimate of drug-likeness (QED) is 0.492. The second kappa shape index (κ2) is 7.46. The standard InChI is InChI=1S/C10H20ClNO2/c11-4-8-14-9-6-12(5-7-13)10-2-1-3-10/h10,13H,1-9H2. The maximum absolute atomic E-state index is 8.90. The van der Waals surface area contributed by atoms with Crippen molar-refractivity contribution in [2.45, 2.75) is 25.3 Å². The summed E-state index contributed by atoms with van der Waals surface area (Å²) in [6.07, 6.45) is 3.88. The average Bonchev–Trinajstić information content (AvgIpc) is 2.10. The van der Waals surface area contributed by atoms with E-state index in [9.17, 15) is 0 Å². The van der Waals surface area contributed by atoms with Gasteiger partial charge in [-0.05, 0) is 12.8 Å². The molecule has 0 radical (unpaired) electrons. The molecule has 0 aliphatic heterocycles. The second-order valence-electron chi connectivity index (χ2n) is 3.65. The minimum atomic E-state index is 0.242. The summed E-state index contributed by atoms with van der Waals surface area (Å²) in [5, 5.41) is 8.90. The van der Waals surface area contributed by atoms with E-state index in [1.165, 1.54) is 19.3 Å². The Morgan fingerprint density at radius 3 is 2.57 bits per heavy atom. The van der Waals surface area contributed by atoms with Crippen LogP contribution in [0.3, 0.4) is 0 Å². The number of halogens is 1. The lowest BCUT2D eigenvalue weighted by atomic mass is 9.91. The first-order valence-corrected chi connectivity index (χ1v) is 5.90. The third-order valence-electron chi connectivity index (χ3n) is 2.72. The third kappa shape index (κ3) is 4.13. The molecule has 1 rings (SSSR count). The molecule has 0 bridgehead atoms. The molecule has 1 aliphatic carbocycles. The zero-order valence-electron chi connectivity index (χ0n) is 8.62. The van der Waals surface area contributed by atoms with Crippen LogP contribution in [0.1, 0.15) is 19.3 Å². The van der Waals surface area contributed by atoms with Crippen LogP contribution < -0.4 is 0 Å². The van der Waals surface area contributed by atoms with Crippen LogP contribution in [0.25, 0.3) is 0 Å². The molecule has 14 heavy (non-hydrogen) atoms. The molecule has 0 aromatic heterocycles. The molecule has 1 aliphatic rings. The van der Waals surface area contributed by atoms with Crippen molar-refractivity contribution in [1.82, 2.24) is 4.90 Å². The van der Waals surface area contributed by atoms with Crippen molar-refractivity contribution in [2.24, 2.45) is 0 Å². The van der Waals surface area contributed by atoms with E-state index in [-0.39, 0.29) is 6.61 Å². The van der Waals surface area contributed by atoms with E-state index < -0.39 is 0 Å². The molecular formula is C10H20ClNO2. The summed E-state index contributed by atoms with van der Waals surface area (Å²) >= 11 is 5.50. The lowest BCUT2D eigenvalue weighted by Crippen LogP contribution is -2.43. The molecule has 84 valence electrons. The van der Waals surface area contributed by atoms with Gasteiger partial charge in [0.1, 0.15) is 0 Å². The third-order valence-corrected chi connectivity index (χ3v) is 2.88. The molecule has 0 saturated heterocycles.